The van der Waals surface area contributed by atoms with Crippen LogP contribution in [0.15, 0.2) is 24.3 Å². The SMILES string of the molecule is CO[C@H](c1ccc(F)cc1)[C@@H](C)OC(N)=O. The molecule has 1 rings (SSSR count). The quantitative estimate of drug-likeness (QED) is 0.855. The summed E-state index contributed by atoms with van der Waals surface area (Å²) in [6.07, 6.45) is -1.86. The third-order valence-electron chi connectivity index (χ3n) is 2.18. The number of nitrogens with two attached hydrogens (primary N) is 1. The molecule has 0 bridgehead atoms. The lowest BCUT2D eigenvalue weighted by Crippen LogP contribution is -2.26. The van der Waals surface area contributed by atoms with Gasteiger partial charge in [-0.05, 0) is 24.6 Å². The first-order valence-electron chi connectivity index (χ1n) is 4.79. The maximum Gasteiger partial charge on any atom is 0.404 e. The lowest BCUT2D eigenvalue weighted by atomic mass is 10.1. The predicted octanol–water partition coefficient (Wildman–Crippen LogP) is 2.00. The monoisotopic (exact) mass is 227 g/mol. The third kappa shape index (κ3) is 3.20. The molecule has 0 aliphatic rings. The molecule has 0 spiro atoms. The molecule has 88 valence electrons. The van der Waals surface area contributed by atoms with Gasteiger partial charge in [-0.2, -0.15) is 0 Å². The zero-order valence-corrected chi connectivity index (χ0v) is 9.14. The molecule has 0 unspecified atom stereocenters. The molecule has 4 nitrogen and oxygen atoms in total. The summed E-state index contributed by atoms with van der Waals surface area (Å²) in [7, 11) is 1.48. The molecule has 16 heavy (non-hydrogen) atoms. The van der Waals surface area contributed by atoms with Crippen molar-refractivity contribution < 1.29 is 18.7 Å². The van der Waals surface area contributed by atoms with E-state index in [4.69, 9.17) is 15.2 Å². The van der Waals surface area contributed by atoms with E-state index in [0.717, 1.165) is 5.56 Å². The molecular weight excluding hydrogens is 213 g/mol. The van der Waals surface area contributed by atoms with Crippen LogP contribution in [0.1, 0.15) is 18.6 Å². The highest BCUT2D eigenvalue weighted by Crippen LogP contribution is 2.22. The van der Waals surface area contributed by atoms with Gasteiger partial charge in [-0.1, -0.05) is 12.1 Å². The Labute approximate surface area is 93.2 Å². The number of rotatable bonds is 4. The summed E-state index contributed by atoms with van der Waals surface area (Å²) >= 11 is 0. The van der Waals surface area contributed by atoms with Crippen LogP contribution in [0.4, 0.5) is 9.18 Å². The lowest BCUT2D eigenvalue weighted by Gasteiger charge is -2.22. The third-order valence-corrected chi connectivity index (χ3v) is 2.18. The van der Waals surface area contributed by atoms with E-state index >= 15 is 0 Å². The van der Waals surface area contributed by atoms with Gasteiger partial charge in [-0.3, -0.25) is 0 Å². The average Bonchev–Trinajstić information content (AvgIpc) is 2.21. The number of amides is 1. The number of primary amides is 1. The molecule has 0 saturated heterocycles. The Balaban J connectivity index is 2.81. The normalized spacial score (nSPS) is 14.2. The van der Waals surface area contributed by atoms with Crippen LogP contribution in [0.5, 0.6) is 0 Å². The van der Waals surface area contributed by atoms with E-state index in [1.54, 1.807) is 19.1 Å². The summed E-state index contributed by atoms with van der Waals surface area (Å²) in [6, 6.07) is 5.78. The van der Waals surface area contributed by atoms with Gasteiger partial charge in [0.1, 0.15) is 18.0 Å². The second-order valence-corrected chi connectivity index (χ2v) is 3.35. The summed E-state index contributed by atoms with van der Waals surface area (Å²) in [5.41, 5.74) is 5.63. The van der Waals surface area contributed by atoms with Crippen molar-refractivity contribution in [3.63, 3.8) is 0 Å². The number of hydrogen-bond donors (Lipinski definition) is 1. The Morgan fingerprint density at radius 3 is 2.38 bits per heavy atom. The second kappa shape index (κ2) is 5.46. The van der Waals surface area contributed by atoms with Gasteiger partial charge in [-0.15, -0.1) is 0 Å². The summed E-state index contributed by atoms with van der Waals surface area (Å²) in [5, 5.41) is 0. The summed E-state index contributed by atoms with van der Waals surface area (Å²) in [4.78, 5) is 10.6. The van der Waals surface area contributed by atoms with Crippen LogP contribution in [0.3, 0.4) is 0 Å². The van der Waals surface area contributed by atoms with Crippen LogP contribution < -0.4 is 5.73 Å². The van der Waals surface area contributed by atoms with Gasteiger partial charge in [0.25, 0.3) is 0 Å². The molecule has 0 saturated carbocycles. The highest BCUT2D eigenvalue weighted by atomic mass is 19.1. The molecule has 0 aliphatic carbocycles. The Bertz CT molecular complexity index is 353. The predicted molar refractivity (Wildman–Crippen MR) is 56.3 cm³/mol. The van der Waals surface area contributed by atoms with Crippen molar-refractivity contribution >= 4 is 6.09 Å². The standard InChI is InChI=1S/C11H14FNO3/c1-7(16-11(13)14)10(15-2)8-3-5-9(12)6-4-8/h3-7,10H,1-2H3,(H2,13,14)/t7-,10+/m1/s1. The van der Waals surface area contributed by atoms with Crippen LogP contribution in [-0.2, 0) is 9.47 Å². The second-order valence-electron chi connectivity index (χ2n) is 3.35. The molecular formula is C11H14FNO3. The molecule has 0 radical (unpaired) electrons. The maximum absolute atomic E-state index is 12.7. The molecule has 5 heteroatoms. The Hall–Kier alpha value is -1.62. The molecule has 1 aromatic carbocycles. The zero-order valence-electron chi connectivity index (χ0n) is 9.14. The molecule has 0 aromatic heterocycles. The van der Waals surface area contributed by atoms with Crippen molar-refractivity contribution in [2.24, 2.45) is 5.73 Å². The highest BCUT2D eigenvalue weighted by molar-refractivity contribution is 5.64. The fourth-order valence-electron chi connectivity index (χ4n) is 1.50. The topological polar surface area (TPSA) is 61.6 Å². The minimum atomic E-state index is -0.864. The Morgan fingerprint density at radius 2 is 1.94 bits per heavy atom. The Morgan fingerprint density at radius 1 is 1.38 bits per heavy atom. The number of hydrogen-bond acceptors (Lipinski definition) is 3. The van der Waals surface area contributed by atoms with E-state index in [0.29, 0.717) is 0 Å². The molecule has 0 fully saturated rings. The first kappa shape index (κ1) is 12.4. The van der Waals surface area contributed by atoms with Gasteiger partial charge in [0.05, 0.1) is 0 Å². The minimum Gasteiger partial charge on any atom is -0.444 e. The number of methoxy groups -OCH3 is 1. The van der Waals surface area contributed by atoms with E-state index in [9.17, 15) is 9.18 Å². The minimum absolute atomic E-state index is 0.331. The van der Waals surface area contributed by atoms with Crippen molar-refractivity contribution in [3.05, 3.63) is 35.6 Å². The van der Waals surface area contributed by atoms with Crippen LogP contribution >= 0.6 is 0 Å². The summed E-state index contributed by atoms with van der Waals surface area (Å²) in [5.74, 6) is -0.331. The summed E-state index contributed by atoms with van der Waals surface area (Å²) < 4.78 is 22.7. The van der Waals surface area contributed by atoms with Crippen molar-refractivity contribution in [1.29, 1.82) is 0 Å². The van der Waals surface area contributed by atoms with Crippen molar-refractivity contribution in [2.75, 3.05) is 7.11 Å². The van der Waals surface area contributed by atoms with Gasteiger partial charge in [0, 0.05) is 7.11 Å². The smallest absolute Gasteiger partial charge is 0.404 e. The first-order valence-corrected chi connectivity index (χ1v) is 4.79. The fourth-order valence-corrected chi connectivity index (χ4v) is 1.50. The van der Waals surface area contributed by atoms with E-state index in [1.807, 2.05) is 0 Å². The summed E-state index contributed by atoms with van der Waals surface area (Å²) in [6.45, 7) is 1.66. The molecule has 2 atom stereocenters. The molecule has 2 N–H and O–H groups in total. The molecule has 0 aliphatic heterocycles. The van der Waals surface area contributed by atoms with Crippen LogP contribution in [0, 0.1) is 5.82 Å². The van der Waals surface area contributed by atoms with Crippen molar-refractivity contribution in [2.45, 2.75) is 19.1 Å². The molecule has 1 amide bonds. The number of benzene rings is 1. The lowest BCUT2D eigenvalue weighted by molar-refractivity contribution is -0.0121. The van der Waals surface area contributed by atoms with Crippen LogP contribution in [0.25, 0.3) is 0 Å². The van der Waals surface area contributed by atoms with E-state index < -0.39 is 18.3 Å². The van der Waals surface area contributed by atoms with E-state index in [1.165, 1.54) is 19.2 Å². The molecule has 0 heterocycles. The number of halogens is 1. The molecule has 1 aromatic rings. The number of carbonyl (C=O) groups is 1. The Kier molecular flexibility index (Phi) is 4.25. The van der Waals surface area contributed by atoms with Gasteiger partial charge >= 0.3 is 6.09 Å². The average molecular weight is 227 g/mol. The van der Waals surface area contributed by atoms with E-state index in [-0.39, 0.29) is 5.82 Å². The highest BCUT2D eigenvalue weighted by Gasteiger charge is 2.21. The van der Waals surface area contributed by atoms with Crippen LogP contribution in [0.2, 0.25) is 0 Å². The number of carbonyl (C=O) groups excluding carboxylic acids is 1. The maximum atomic E-state index is 12.7. The van der Waals surface area contributed by atoms with Gasteiger partial charge in [-0.25, -0.2) is 9.18 Å². The fraction of sp³-hybridized carbons (Fsp3) is 0.364. The van der Waals surface area contributed by atoms with Crippen molar-refractivity contribution in [3.8, 4) is 0 Å². The van der Waals surface area contributed by atoms with E-state index in [2.05, 4.69) is 0 Å². The number of ether oxygens (including phenoxy) is 2. The van der Waals surface area contributed by atoms with Gasteiger partial charge in [0.2, 0.25) is 0 Å². The largest absolute Gasteiger partial charge is 0.444 e. The zero-order chi connectivity index (χ0) is 12.1. The van der Waals surface area contributed by atoms with Gasteiger partial charge < -0.3 is 15.2 Å². The first-order chi connectivity index (χ1) is 7.54. The van der Waals surface area contributed by atoms with Crippen LogP contribution in [-0.4, -0.2) is 19.3 Å². The van der Waals surface area contributed by atoms with Gasteiger partial charge in [0.15, 0.2) is 0 Å². The van der Waals surface area contributed by atoms with Crippen molar-refractivity contribution in [1.82, 2.24) is 0 Å².